The van der Waals surface area contributed by atoms with Crippen molar-refractivity contribution in [3.05, 3.63) is 52.6 Å². The molecule has 4 heteroatoms. The summed E-state index contributed by atoms with van der Waals surface area (Å²) in [5, 5.41) is 3.43. The molecule has 1 aromatic carbocycles. The van der Waals surface area contributed by atoms with Gasteiger partial charge in [-0.25, -0.2) is 4.98 Å². The zero-order chi connectivity index (χ0) is 14.6. The normalized spacial score (nSPS) is 11.4. The average Bonchev–Trinajstić information content (AvgIpc) is 2.40. The Morgan fingerprint density at radius 1 is 1.10 bits per heavy atom. The molecular formula is C16H19BrN2O. The van der Waals surface area contributed by atoms with Crippen LogP contribution in [0.2, 0.25) is 0 Å². The van der Waals surface area contributed by atoms with Crippen LogP contribution in [0, 0.1) is 0 Å². The third kappa shape index (κ3) is 4.94. The van der Waals surface area contributed by atoms with Gasteiger partial charge in [0.15, 0.2) is 0 Å². The van der Waals surface area contributed by atoms with Gasteiger partial charge in [0.25, 0.3) is 0 Å². The van der Waals surface area contributed by atoms with Crippen LogP contribution in [0.4, 0.5) is 0 Å². The lowest BCUT2D eigenvalue weighted by Gasteiger charge is -2.20. The summed E-state index contributed by atoms with van der Waals surface area (Å²) in [5.41, 5.74) is 1.25. The van der Waals surface area contributed by atoms with Crippen molar-refractivity contribution in [1.29, 1.82) is 0 Å². The van der Waals surface area contributed by atoms with E-state index in [4.69, 9.17) is 4.74 Å². The summed E-state index contributed by atoms with van der Waals surface area (Å²) in [5.74, 6) is 1.38. The van der Waals surface area contributed by atoms with Crippen LogP contribution in [0.15, 0.2) is 47.1 Å². The number of aromatic nitrogens is 1. The predicted molar refractivity (Wildman–Crippen MR) is 85.0 cm³/mol. The maximum Gasteiger partial charge on any atom is 0.219 e. The molecule has 0 fully saturated rings. The number of hydrogen-bond donors (Lipinski definition) is 1. The molecule has 0 aliphatic rings. The van der Waals surface area contributed by atoms with Crippen molar-refractivity contribution in [3.63, 3.8) is 0 Å². The van der Waals surface area contributed by atoms with E-state index in [9.17, 15) is 0 Å². The van der Waals surface area contributed by atoms with Crippen LogP contribution >= 0.6 is 15.9 Å². The van der Waals surface area contributed by atoms with Crippen LogP contribution in [0.25, 0.3) is 0 Å². The Kier molecular flexibility index (Phi) is 4.78. The van der Waals surface area contributed by atoms with Crippen LogP contribution in [-0.2, 0) is 6.54 Å². The Hall–Kier alpha value is -1.39. The van der Waals surface area contributed by atoms with Gasteiger partial charge in [-0.2, -0.15) is 0 Å². The Bertz CT molecular complexity index is 544. The first kappa shape index (κ1) is 15.0. The molecule has 0 radical (unpaired) electrons. The molecule has 0 saturated heterocycles. The van der Waals surface area contributed by atoms with E-state index < -0.39 is 0 Å². The second-order valence-corrected chi connectivity index (χ2v) is 6.58. The highest BCUT2D eigenvalue weighted by molar-refractivity contribution is 9.10. The average molecular weight is 335 g/mol. The lowest BCUT2D eigenvalue weighted by atomic mass is 10.1. The van der Waals surface area contributed by atoms with Gasteiger partial charge in [-0.1, -0.05) is 22.0 Å². The van der Waals surface area contributed by atoms with E-state index in [1.54, 1.807) is 0 Å². The highest BCUT2D eigenvalue weighted by atomic mass is 79.9. The summed E-state index contributed by atoms with van der Waals surface area (Å²) < 4.78 is 6.71. The Labute approximate surface area is 128 Å². The minimum absolute atomic E-state index is 0.104. The molecule has 0 aliphatic carbocycles. The fourth-order valence-electron chi connectivity index (χ4n) is 1.57. The molecule has 0 amide bonds. The third-order valence-corrected chi connectivity index (χ3v) is 3.19. The molecule has 106 valence electrons. The fraction of sp³-hybridized carbons (Fsp3) is 0.312. The molecule has 3 nitrogen and oxygen atoms in total. The molecule has 2 aromatic rings. The number of ether oxygens (including phenoxy) is 1. The van der Waals surface area contributed by atoms with E-state index in [-0.39, 0.29) is 5.54 Å². The second-order valence-electron chi connectivity index (χ2n) is 5.66. The number of rotatable bonds is 4. The molecule has 20 heavy (non-hydrogen) atoms. The Balaban J connectivity index is 1.96. The van der Waals surface area contributed by atoms with Gasteiger partial charge in [0.1, 0.15) is 5.75 Å². The summed E-state index contributed by atoms with van der Waals surface area (Å²) in [4.78, 5) is 4.32. The van der Waals surface area contributed by atoms with Crippen LogP contribution in [0.1, 0.15) is 26.3 Å². The van der Waals surface area contributed by atoms with E-state index in [1.807, 2.05) is 42.6 Å². The van der Waals surface area contributed by atoms with Crippen molar-refractivity contribution in [2.24, 2.45) is 0 Å². The highest BCUT2D eigenvalue weighted by Crippen LogP contribution is 2.21. The number of benzene rings is 1. The molecule has 2 rings (SSSR count). The van der Waals surface area contributed by atoms with Gasteiger partial charge in [-0.05, 0) is 50.6 Å². The zero-order valence-electron chi connectivity index (χ0n) is 12.0. The number of hydrogen-bond acceptors (Lipinski definition) is 3. The first-order valence-electron chi connectivity index (χ1n) is 6.56. The van der Waals surface area contributed by atoms with E-state index in [0.717, 1.165) is 22.3 Å². The summed E-state index contributed by atoms with van der Waals surface area (Å²) in [6, 6.07) is 11.6. The van der Waals surface area contributed by atoms with Gasteiger partial charge in [0.05, 0.1) is 0 Å². The third-order valence-electron chi connectivity index (χ3n) is 2.66. The molecule has 0 atom stereocenters. The van der Waals surface area contributed by atoms with Crippen molar-refractivity contribution in [3.8, 4) is 11.6 Å². The predicted octanol–water partition coefficient (Wildman–Crippen LogP) is 4.52. The molecule has 0 spiro atoms. The first-order chi connectivity index (χ1) is 9.42. The van der Waals surface area contributed by atoms with E-state index in [2.05, 4.69) is 47.0 Å². The minimum atomic E-state index is 0.104. The minimum Gasteiger partial charge on any atom is -0.439 e. The lowest BCUT2D eigenvalue weighted by molar-refractivity contribution is 0.423. The highest BCUT2D eigenvalue weighted by Gasteiger charge is 2.08. The van der Waals surface area contributed by atoms with Crippen molar-refractivity contribution in [2.75, 3.05) is 0 Å². The number of pyridine rings is 1. The molecule has 0 aliphatic heterocycles. The Morgan fingerprint density at radius 3 is 2.35 bits per heavy atom. The van der Waals surface area contributed by atoms with Crippen LogP contribution < -0.4 is 10.1 Å². The van der Waals surface area contributed by atoms with Gasteiger partial charge in [-0.15, -0.1) is 0 Å². The van der Waals surface area contributed by atoms with Gasteiger partial charge in [0, 0.05) is 28.8 Å². The molecular weight excluding hydrogens is 316 g/mol. The van der Waals surface area contributed by atoms with Crippen LogP contribution in [0.5, 0.6) is 11.6 Å². The maximum atomic E-state index is 5.68. The Morgan fingerprint density at radius 2 is 1.80 bits per heavy atom. The number of halogens is 1. The number of nitrogens with zero attached hydrogens (tertiary/aromatic N) is 1. The first-order valence-corrected chi connectivity index (χ1v) is 7.35. The van der Waals surface area contributed by atoms with Gasteiger partial charge >= 0.3 is 0 Å². The summed E-state index contributed by atoms with van der Waals surface area (Å²) in [6.07, 6.45) is 1.84. The van der Waals surface area contributed by atoms with Gasteiger partial charge in [-0.3, -0.25) is 0 Å². The van der Waals surface area contributed by atoms with Crippen LogP contribution in [0.3, 0.4) is 0 Å². The lowest BCUT2D eigenvalue weighted by Crippen LogP contribution is -2.35. The summed E-state index contributed by atoms with van der Waals surface area (Å²) >= 11 is 3.40. The molecule has 1 aromatic heterocycles. The van der Waals surface area contributed by atoms with Crippen molar-refractivity contribution >= 4 is 15.9 Å². The quantitative estimate of drug-likeness (QED) is 0.892. The van der Waals surface area contributed by atoms with E-state index in [0.29, 0.717) is 5.88 Å². The maximum absolute atomic E-state index is 5.68. The molecule has 0 unspecified atom stereocenters. The smallest absolute Gasteiger partial charge is 0.219 e. The van der Waals surface area contributed by atoms with Crippen LogP contribution in [-0.4, -0.2) is 10.5 Å². The zero-order valence-corrected chi connectivity index (χ0v) is 13.6. The molecule has 1 heterocycles. The van der Waals surface area contributed by atoms with E-state index in [1.165, 1.54) is 0 Å². The molecule has 1 N–H and O–H groups in total. The topological polar surface area (TPSA) is 34.1 Å². The SMILES string of the molecule is CC(C)(C)NCc1ccc(Oc2ccc(Br)cc2)nc1. The van der Waals surface area contributed by atoms with Crippen molar-refractivity contribution in [2.45, 2.75) is 32.9 Å². The van der Waals surface area contributed by atoms with Crippen molar-refractivity contribution < 1.29 is 4.74 Å². The monoisotopic (exact) mass is 334 g/mol. The largest absolute Gasteiger partial charge is 0.439 e. The van der Waals surface area contributed by atoms with Gasteiger partial charge < -0.3 is 10.1 Å². The van der Waals surface area contributed by atoms with Crippen molar-refractivity contribution in [1.82, 2.24) is 10.3 Å². The number of nitrogens with one attached hydrogen (secondary N) is 1. The second kappa shape index (κ2) is 6.37. The van der Waals surface area contributed by atoms with Gasteiger partial charge in [0.2, 0.25) is 5.88 Å². The van der Waals surface area contributed by atoms with E-state index >= 15 is 0 Å². The standard InChI is InChI=1S/C16H19BrN2O/c1-16(2,3)19-11-12-4-9-15(18-10-12)20-14-7-5-13(17)6-8-14/h4-10,19H,11H2,1-3H3. The summed E-state index contributed by atoms with van der Waals surface area (Å²) in [6.45, 7) is 7.23. The molecule has 0 saturated carbocycles. The molecule has 0 bridgehead atoms. The fourth-order valence-corrected chi connectivity index (χ4v) is 1.83. The summed E-state index contributed by atoms with van der Waals surface area (Å²) in [7, 11) is 0.